The number of anilines is 1. The summed E-state index contributed by atoms with van der Waals surface area (Å²) < 4.78 is 0. The van der Waals surface area contributed by atoms with Crippen molar-refractivity contribution in [2.45, 2.75) is 6.92 Å². The van der Waals surface area contributed by atoms with Crippen LogP contribution in [0.15, 0.2) is 29.6 Å². The molecule has 6 heteroatoms. The van der Waals surface area contributed by atoms with Gasteiger partial charge < -0.3 is 9.80 Å². The highest BCUT2D eigenvalue weighted by atomic mass is 35.5. The lowest BCUT2D eigenvalue weighted by Crippen LogP contribution is -2.48. The van der Waals surface area contributed by atoms with E-state index in [1.807, 2.05) is 41.5 Å². The molecule has 4 nitrogen and oxygen atoms in total. The van der Waals surface area contributed by atoms with Crippen LogP contribution in [0.1, 0.15) is 15.5 Å². The molecule has 110 valence electrons. The molecule has 0 aliphatic carbocycles. The van der Waals surface area contributed by atoms with Gasteiger partial charge in [-0.15, -0.1) is 11.3 Å². The molecule has 0 atom stereocenters. The predicted molar refractivity (Wildman–Crippen MR) is 86.4 cm³/mol. The molecule has 1 aliphatic rings. The molecule has 1 aromatic carbocycles. The van der Waals surface area contributed by atoms with Crippen LogP contribution in [0.3, 0.4) is 0 Å². The smallest absolute Gasteiger partial charge is 0.273 e. The highest BCUT2D eigenvalue weighted by molar-refractivity contribution is 7.09. The first-order valence-electron chi connectivity index (χ1n) is 6.85. The van der Waals surface area contributed by atoms with Gasteiger partial charge in [0, 0.05) is 42.3 Å². The van der Waals surface area contributed by atoms with Crippen molar-refractivity contribution >= 4 is 34.5 Å². The summed E-state index contributed by atoms with van der Waals surface area (Å²) in [6.45, 7) is 4.97. The van der Waals surface area contributed by atoms with Crippen molar-refractivity contribution in [3.05, 3.63) is 45.4 Å². The summed E-state index contributed by atoms with van der Waals surface area (Å²) in [5.74, 6) is 0.0325. The Hall–Kier alpha value is -1.59. The van der Waals surface area contributed by atoms with Crippen LogP contribution in [-0.2, 0) is 0 Å². The fourth-order valence-corrected chi connectivity index (χ4v) is 3.24. The van der Waals surface area contributed by atoms with Crippen LogP contribution in [0.4, 0.5) is 5.69 Å². The Kier molecular flexibility index (Phi) is 4.12. The number of hydrogen-bond donors (Lipinski definition) is 0. The first kappa shape index (κ1) is 14.4. The molecule has 1 aromatic heterocycles. The van der Waals surface area contributed by atoms with E-state index in [4.69, 9.17) is 11.6 Å². The number of aromatic nitrogens is 1. The van der Waals surface area contributed by atoms with Crippen molar-refractivity contribution in [3.8, 4) is 0 Å². The van der Waals surface area contributed by atoms with Gasteiger partial charge in [-0.3, -0.25) is 4.79 Å². The molecule has 2 heterocycles. The third kappa shape index (κ3) is 3.19. The zero-order chi connectivity index (χ0) is 14.8. The summed E-state index contributed by atoms with van der Waals surface area (Å²) in [6.07, 6.45) is 0. The van der Waals surface area contributed by atoms with Crippen molar-refractivity contribution < 1.29 is 4.79 Å². The molecule has 1 fully saturated rings. The van der Waals surface area contributed by atoms with Crippen molar-refractivity contribution in [2.24, 2.45) is 0 Å². The number of piperazine rings is 1. The highest BCUT2D eigenvalue weighted by Crippen LogP contribution is 2.21. The first-order valence-corrected chi connectivity index (χ1v) is 8.11. The molecular weight excluding hydrogens is 306 g/mol. The third-order valence-corrected chi connectivity index (χ3v) is 4.59. The summed E-state index contributed by atoms with van der Waals surface area (Å²) in [7, 11) is 0. The van der Waals surface area contributed by atoms with Crippen LogP contribution in [0.5, 0.6) is 0 Å². The Morgan fingerprint density at radius 2 is 2.05 bits per heavy atom. The largest absolute Gasteiger partial charge is 0.368 e. The molecule has 0 saturated carbocycles. The predicted octanol–water partition coefficient (Wildman–Crippen LogP) is 3.07. The third-order valence-electron chi connectivity index (χ3n) is 3.58. The number of carbonyl (C=O) groups excluding carboxylic acids is 1. The van der Waals surface area contributed by atoms with Gasteiger partial charge in [0.1, 0.15) is 5.69 Å². The van der Waals surface area contributed by atoms with Gasteiger partial charge in [-0.1, -0.05) is 17.7 Å². The van der Waals surface area contributed by atoms with Crippen LogP contribution in [-0.4, -0.2) is 42.0 Å². The lowest BCUT2D eigenvalue weighted by molar-refractivity contribution is 0.0741. The number of hydrogen-bond acceptors (Lipinski definition) is 4. The second kappa shape index (κ2) is 6.03. The number of nitrogens with zero attached hydrogens (tertiary/aromatic N) is 3. The monoisotopic (exact) mass is 321 g/mol. The Labute approximate surface area is 133 Å². The van der Waals surface area contributed by atoms with Crippen LogP contribution < -0.4 is 4.90 Å². The molecule has 2 aromatic rings. The van der Waals surface area contributed by atoms with E-state index in [0.717, 1.165) is 28.8 Å². The van der Waals surface area contributed by atoms with E-state index in [2.05, 4.69) is 9.88 Å². The van der Waals surface area contributed by atoms with Crippen molar-refractivity contribution in [3.63, 3.8) is 0 Å². The number of benzene rings is 1. The fourth-order valence-electron chi connectivity index (χ4n) is 2.46. The van der Waals surface area contributed by atoms with E-state index in [1.54, 1.807) is 0 Å². The maximum Gasteiger partial charge on any atom is 0.273 e. The number of halogens is 1. The Bertz CT molecular complexity index is 650. The number of carbonyl (C=O) groups is 1. The number of aryl methyl sites for hydroxylation is 1. The molecule has 0 unspecified atom stereocenters. The topological polar surface area (TPSA) is 36.4 Å². The molecule has 0 radical (unpaired) electrons. The van der Waals surface area contributed by atoms with Gasteiger partial charge in [-0.2, -0.15) is 0 Å². The zero-order valence-electron chi connectivity index (χ0n) is 11.8. The van der Waals surface area contributed by atoms with E-state index in [1.165, 1.54) is 11.3 Å². The van der Waals surface area contributed by atoms with Crippen LogP contribution in [0.25, 0.3) is 0 Å². The Balaban J connectivity index is 1.64. The van der Waals surface area contributed by atoms with E-state index in [9.17, 15) is 4.79 Å². The molecule has 3 rings (SSSR count). The summed E-state index contributed by atoms with van der Waals surface area (Å²) in [5.41, 5.74) is 1.67. The normalized spacial score (nSPS) is 15.3. The minimum Gasteiger partial charge on any atom is -0.368 e. The average molecular weight is 322 g/mol. The van der Waals surface area contributed by atoms with Gasteiger partial charge >= 0.3 is 0 Å². The van der Waals surface area contributed by atoms with Gasteiger partial charge in [0.05, 0.1) is 5.01 Å². The Morgan fingerprint density at radius 3 is 2.67 bits per heavy atom. The first-order chi connectivity index (χ1) is 10.1. The van der Waals surface area contributed by atoms with Crippen LogP contribution in [0.2, 0.25) is 5.02 Å². The van der Waals surface area contributed by atoms with E-state index < -0.39 is 0 Å². The van der Waals surface area contributed by atoms with E-state index >= 15 is 0 Å². The quantitative estimate of drug-likeness (QED) is 0.853. The molecule has 0 N–H and O–H groups in total. The average Bonchev–Trinajstić information content (AvgIpc) is 2.93. The molecule has 1 amide bonds. The fraction of sp³-hybridized carbons (Fsp3) is 0.333. The second-order valence-electron chi connectivity index (χ2n) is 5.01. The maximum absolute atomic E-state index is 12.3. The van der Waals surface area contributed by atoms with Crippen LogP contribution >= 0.6 is 22.9 Å². The molecule has 0 spiro atoms. The van der Waals surface area contributed by atoms with Crippen molar-refractivity contribution in [1.82, 2.24) is 9.88 Å². The summed E-state index contributed by atoms with van der Waals surface area (Å²) >= 11 is 7.54. The maximum atomic E-state index is 12.3. The molecule has 1 aliphatic heterocycles. The van der Waals surface area contributed by atoms with Gasteiger partial charge in [-0.05, 0) is 25.1 Å². The standard InChI is InChI=1S/C15H16ClN3OS/c1-11-17-14(10-21-11)15(20)19-7-5-18(6-8-19)13-4-2-3-12(16)9-13/h2-4,9-10H,5-8H2,1H3. The molecular formula is C15H16ClN3OS. The molecule has 21 heavy (non-hydrogen) atoms. The summed E-state index contributed by atoms with van der Waals surface area (Å²) in [4.78, 5) is 20.7. The number of amides is 1. The molecule has 1 saturated heterocycles. The van der Waals surface area contributed by atoms with Gasteiger partial charge in [0.2, 0.25) is 0 Å². The summed E-state index contributed by atoms with van der Waals surface area (Å²) in [6, 6.07) is 7.83. The molecule has 0 bridgehead atoms. The SMILES string of the molecule is Cc1nc(C(=O)N2CCN(c3cccc(Cl)c3)CC2)cs1. The Morgan fingerprint density at radius 1 is 1.29 bits per heavy atom. The number of thiazole rings is 1. The number of rotatable bonds is 2. The highest BCUT2D eigenvalue weighted by Gasteiger charge is 2.23. The minimum absolute atomic E-state index is 0.0325. The van der Waals surface area contributed by atoms with Gasteiger partial charge in [0.25, 0.3) is 5.91 Å². The van der Waals surface area contributed by atoms with Crippen LogP contribution in [0, 0.1) is 6.92 Å². The second-order valence-corrected chi connectivity index (χ2v) is 6.51. The van der Waals surface area contributed by atoms with Crippen molar-refractivity contribution in [1.29, 1.82) is 0 Å². The zero-order valence-corrected chi connectivity index (χ0v) is 13.3. The lowest BCUT2D eigenvalue weighted by Gasteiger charge is -2.35. The van der Waals surface area contributed by atoms with Crippen molar-refractivity contribution in [2.75, 3.05) is 31.1 Å². The van der Waals surface area contributed by atoms with E-state index in [-0.39, 0.29) is 5.91 Å². The van der Waals surface area contributed by atoms with Gasteiger partial charge in [-0.25, -0.2) is 4.98 Å². The lowest BCUT2D eigenvalue weighted by atomic mass is 10.2. The van der Waals surface area contributed by atoms with Gasteiger partial charge in [0.15, 0.2) is 0 Å². The minimum atomic E-state index is 0.0325. The van der Waals surface area contributed by atoms with E-state index in [0.29, 0.717) is 18.8 Å². The summed E-state index contributed by atoms with van der Waals surface area (Å²) in [5, 5.41) is 3.50.